The van der Waals surface area contributed by atoms with E-state index in [0.717, 1.165) is 0 Å². The Morgan fingerprint density at radius 3 is 2.32 bits per heavy atom. The van der Waals surface area contributed by atoms with E-state index >= 15 is 0 Å². The van der Waals surface area contributed by atoms with Gasteiger partial charge in [-0.15, -0.1) is 0 Å². The monoisotopic (exact) mass is 364 g/mol. The molecule has 2 N–H and O–H groups in total. The molecule has 1 atom stereocenters. The summed E-state index contributed by atoms with van der Waals surface area (Å²) in [7, 11) is 0. The summed E-state index contributed by atoms with van der Waals surface area (Å²) >= 11 is 0. The number of carbonyl (C=O) groups is 2. The zero-order valence-electron chi connectivity index (χ0n) is 12.8. The number of ether oxygens (including phenoxy) is 1. The number of nitrogens with one attached hydrogen (secondary N) is 2. The first-order chi connectivity index (χ1) is 11.5. The van der Waals surface area contributed by atoms with Crippen LogP contribution in [0, 0.1) is 0 Å². The van der Waals surface area contributed by atoms with Crippen molar-refractivity contribution in [3.63, 3.8) is 0 Å². The number of amides is 2. The van der Waals surface area contributed by atoms with E-state index in [1.54, 1.807) is 30.3 Å². The van der Waals surface area contributed by atoms with Crippen LogP contribution < -0.4 is 10.6 Å². The van der Waals surface area contributed by atoms with E-state index in [1.807, 2.05) is 0 Å². The van der Waals surface area contributed by atoms with E-state index in [9.17, 15) is 31.5 Å². The Balaban J connectivity index is 2.25. The summed E-state index contributed by atoms with van der Waals surface area (Å²) < 4.78 is 66.6. The standard InChI is InChI=1S/C15H13F5N2O3/c1-8-10(12(23)25-7-14(16,17)15(18,19)20)11(22-13(24)21-8)9-5-3-2-4-6-9/h2-6,11H,7H2,1H3,(H2,21,22,24)/t11-/m1/s1. The summed E-state index contributed by atoms with van der Waals surface area (Å²) in [5.74, 6) is -6.56. The van der Waals surface area contributed by atoms with Crippen molar-refractivity contribution < 1.29 is 36.3 Å². The number of hydrogen-bond acceptors (Lipinski definition) is 3. The van der Waals surface area contributed by atoms with Gasteiger partial charge in [0.25, 0.3) is 0 Å². The van der Waals surface area contributed by atoms with Crippen LogP contribution in [0.3, 0.4) is 0 Å². The molecule has 136 valence electrons. The van der Waals surface area contributed by atoms with Gasteiger partial charge in [0, 0.05) is 5.70 Å². The molecule has 1 heterocycles. The molecular weight excluding hydrogens is 351 g/mol. The molecule has 0 bridgehead atoms. The molecule has 2 rings (SSSR count). The molecule has 1 aliphatic heterocycles. The first-order valence-electron chi connectivity index (χ1n) is 6.98. The second-order valence-electron chi connectivity index (χ2n) is 5.26. The molecule has 25 heavy (non-hydrogen) atoms. The molecule has 0 spiro atoms. The molecular formula is C15H13F5N2O3. The number of halogens is 5. The lowest BCUT2D eigenvalue weighted by atomic mass is 9.96. The summed E-state index contributed by atoms with van der Waals surface area (Å²) in [5.41, 5.74) is 0.174. The predicted molar refractivity (Wildman–Crippen MR) is 75.5 cm³/mol. The number of benzene rings is 1. The first kappa shape index (κ1) is 18.7. The minimum absolute atomic E-state index is 0.00192. The average Bonchev–Trinajstić information content (AvgIpc) is 2.51. The Hall–Kier alpha value is -2.65. The van der Waals surface area contributed by atoms with Crippen LogP contribution in [0.25, 0.3) is 0 Å². The SMILES string of the molecule is CC1=C(C(=O)OCC(F)(F)C(F)(F)F)[C@@H](c2ccccc2)NC(=O)N1. The Labute approximate surface area is 138 Å². The van der Waals surface area contributed by atoms with Crippen LogP contribution in [-0.2, 0) is 9.53 Å². The molecule has 10 heteroatoms. The zero-order valence-corrected chi connectivity index (χ0v) is 12.8. The summed E-state index contributed by atoms with van der Waals surface area (Å²) in [6.07, 6.45) is -5.84. The maximum atomic E-state index is 12.9. The van der Waals surface area contributed by atoms with Gasteiger partial charge in [-0.05, 0) is 12.5 Å². The Bertz CT molecular complexity index is 701. The highest BCUT2D eigenvalue weighted by atomic mass is 19.4. The van der Waals surface area contributed by atoms with Crippen molar-refractivity contribution in [3.05, 3.63) is 47.2 Å². The van der Waals surface area contributed by atoms with Gasteiger partial charge in [0.15, 0.2) is 6.61 Å². The first-order valence-corrected chi connectivity index (χ1v) is 6.98. The van der Waals surface area contributed by atoms with Crippen molar-refractivity contribution in [1.29, 1.82) is 0 Å². The van der Waals surface area contributed by atoms with Crippen LogP contribution in [0.5, 0.6) is 0 Å². The minimum atomic E-state index is -5.84. The van der Waals surface area contributed by atoms with Crippen LogP contribution >= 0.6 is 0 Å². The van der Waals surface area contributed by atoms with Gasteiger partial charge in [-0.1, -0.05) is 30.3 Å². The second-order valence-corrected chi connectivity index (χ2v) is 5.26. The highest BCUT2D eigenvalue weighted by Gasteiger charge is 2.58. The summed E-state index contributed by atoms with van der Waals surface area (Å²) in [6, 6.07) is 6.32. The fourth-order valence-corrected chi connectivity index (χ4v) is 2.18. The number of esters is 1. The van der Waals surface area contributed by atoms with Gasteiger partial charge < -0.3 is 15.4 Å². The van der Waals surface area contributed by atoms with Crippen molar-refractivity contribution in [3.8, 4) is 0 Å². The minimum Gasteiger partial charge on any atom is -0.455 e. The van der Waals surface area contributed by atoms with Gasteiger partial charge >= 0.3 is 24.1 Å². The van der Waals surface area contributed by atoms with E-state index in [-0.39, 0.29) is 11.3 Å². The Morgan fingerprint density at radius 2 is 1.76 bits per heavy atom. The highest BCUT2D eigenvalue weighted by Crippen LogP contribution is 2.36. The third-order valence-electron chi connectivity index (χ3n) is 3.42. The van der Waals surface area contributed by atoms with E-state index in [4.69, 9.17) is 0 Å². The van der Waals surface area contributed by atoms with Crippen molar-refractivity contribution in [2.24, 2.45) is 0 Å². The molecule has 5 nitrogen and oxygen atoms in total. The number of alkyl halides is 5. The van der Waals surface area contributed by atoms with E-state index in [2.05, 4.69) is 15.4 Å². The fraction of sp³-hybridized carbons (Fsp3) is 0.333. The van der Waals surface area contributed by atoms with E-state index < -0.39 is 36.7 Å². The van der Waals surface area contributed by atoms with Gasteiger partial charge in [0.1, 0.15) is 0 Å². The summed E-state index contributed by atoms with van der Waals surface area (Å²) in [5, 5.41) is 4.66. The van der Waals surface area contributed by atoms with Crippen LogP contribution in [-0.4, -0.2) is 30.7 Å². The number of allylic oxidation sites excluding steroid dienone is 1. The molecule has 0 aliphatic carbocycles. The molecule has 0 fully saturated rings. The van der Waals surface area contributed by atoms with Crippen molar-refractivity contribution in [2.45, 2.75) is 25.1 Å². The highest BCUT2D eigenvalue weighted by molar-refractivity contribution is 5.95. The maximum absolute atomic E-state index is 12.9. The lowest BCUT2D eigenvalue weighted by molar-refractivity contribution is -0.293. The van der Waals surface area contributed by atoms with Crippen LogP contribution in [0.4, 0.5) is 26.7 Å². The predicted octanol–water partition coefficient (Wildman–Crippen LogP) is 3.06. The lowest BCUT2D eigenvalue weighted by Crippen LogP contribution is -2.46. The quantitative estimate of drug-likeness (QED) is 0.638. The Kier molecular flexibility index (Phi) is 5.00. The molecule has 1 aromatic rings. The Morgan fingerprint density at radius 1 is 1.16 bits per heavy atom. The zero-order chi connectivity index (χ0) is 18.8. The molecule has 0 aromatic heterocycles. The topological polar surface area (TPSA) is 67.4 Å². The normalized spacial score (nSPS) is 18.5. The van der Waals surface area contributed by atoms with Crippen LogP contribution in [0.15, 0.2) is 41.6 Å². The second kappa shape index (κ2) is 6.69. The molecule has 0 unspecified atom stereocenters. The van der Waals surface area contributed by atoms with Gasteiger partial charge in [0.05, 0.1) is 11.6 Å². The molecule has 0 saturated carbocycles. The van der Waals surface area contributed by atoms with Crippen LogP contribution in [0.1, 0.15) is 18.5 Å². The van der Waals surface area contributed by atoms with Gasteiger partial charge in [-0.2, -0.15) is 22.0 Å². The largest absolute Gasteiger partial charge is 0.456 e. The smallest absolute Gasteiger partial charge is 0.455 e. The van der Waals surface area contributed by atoms with Gasteiger partial charge in [-0.25, -0.2) is 9.59 Å². The van der Waals surface area contributed by atoms with Crippen molar-refractivity contribution in [1.82, 2.24) is 10.6 Å². The van der Waals surface area contributed by atoms with Crippen molar-refractivity contribution >= 4 is 12.0 Å². The van der Waals surface area contributed by atoms with E-state index in [1.165, 1.54) is 6.92 Å². The number of rotatable bonds is 4. The molecule has 1 aliphatic rings. The van der Waals surface area contributed by atoms with Crippen molar-refractivity contribution in [2.75, 3.05) is 6.61 Å². The molecule has 1 aromatic carbocycles. The van der Waals surface area contributed by atoms with E-state index in [0.29, 0.717) is 5.56 Å². The molecule has 0 radical (unpaired) electrons. The van der Waals surface area contributed by atoms with Gasteiger partial charge in [0.2, 0.25) is 0 Å². The summed E-state index contributed by atoms with van der Waals surface area (Å²) in [6.45, 7) is -0.839. The lowest BCUT2D eigenvalue weighted by Gasteiger charge is -2.28. The number of carbonyl (C=O) groups excluding carboxylic acids is 2. The number of urea groups is 1. The molecule has 2 amide bonds. The third kappa shape index (κ3) is 4.06. The summed E-state index contributed by atoms with van der Waals surface area (Å²) in [4.78, 5) is 23.7. The maximum Gasteiger partial charge on any atom is 0.456 e. The van der Waals surface area contributed by atoms with Crippen LogP contribution in [0.2, 0.25) is 0 Å². The third-order valence-corrected chi connectivity index (χ3v) is 3.42. The van der Waals surface area contributed by atoms with Gasteiger partial charge in [-0.3, -0.25) is 0 Å². The molecule has 0 saturated heterocycles. The average molecular weight is 364 g/mol. The fourth-order valence-electron chi connectivity index (χ4n) is 2.18. The number of hydrogen-bond donors (Lipinski definition) is 2.